The number of fused-ring (bicyclic) bond motifs is 5. The zero-order valence-electron chi connectivity index (χ0n) is 24.6. The number of aromatic nitrogens is 2. The highest BCUT2D eigenvalue weighted by Crippen LogP contribution is 2.38. The van der Waals surface area contributed by atoms with Crippen molar-refractivity contribution in [2.24, 2.45) is 0 Å². The van der Waals surface area contributed by atoms with Crippen LogP contribution in [0.5, 0.6) is 0 Å². The molecule has 212 valence electrons. The van der Waals surface area contributed by atoms with Crippen LogP contribution in [0.1, 0.15) is 0 Å². The molecular formula is C42H29N3. The van der Waals surface area contributed by atoms with Crippen molar-refractivity contribution in [1.29, 1.82) is 0 Å². The Balaban J connectivity index is 1.17. The van der Waals surface area contributed by atoms with Gasteiger partial charge in [-0.25, -0.2) is 0 Å². The van der Waals surface area contributed by atoms with Gasteiger partial charge in [0, 0.05) is 50.8 Å². The predicted octanol–water partition coefficient (Wildman–Crippen LogP) is 11.4. The van der Waals surface area contributed by atoms with Gasteiger partial charge in [0.05, 0.1) is 16.6 Å². The highest BCUT2D eigenvalue weighted by atomic mass is 15.1. The standard InChI is InChI=1S/C42H29N3/c1-4-12-34(13-5-1)44(35-14-6-2-7-15-35)37-22-20-33(21-23-37)43-25-24-30-26-31-27-39-38-18-10-11-19-40(38)45(36-16-8-3-9-17-36)42(39)29-32(31)28-41(30)43/h1-29H. The Morgan fingerprint density at radius 1 is 0.356 bits per heavy atom. The van der Waals surface area contributed by atoms with Crippen LogP contribution in [-0.4, -0.2) is 9.13 Å². The summed E-state index contributed by atoms with van der Waals surface area (Å²) in [5.74, 6) is 0. The Labute approximate surface area is 261 Å². The summed E-state index contributed by atoms with van der Waals surface area (Å²) in [6, 6.07) is 60.9. The van der Waals surface area contributed by atoms with E-state index in [0.717, 1.165) is 22.7 Å². The van der Waals surface area contributed by atoms with Crippen LogP contribution in [0.15, 0.2) is 176 Å². The van der Waals surface area contributed by atoms with Crippen LogP contribution in [0, 0.1) is 0 Å². The summed E-state index contributed by atoms with van der Waals surface area (Å²) in [5, 5.41) is 6.26. The average Bonchev–Trinajstić information content (AvgIpc) is 3.66. The summed E-state index contributed by atoms with van der Waals surface area (Å²) in [5.41, 5.74) is 9.33. The maximum Gasteiger partial charge on any atom is 0.0547 e. The van der Waals surface area contributed by atoms with E-state index >= 15 is 0 Å². The maximum absolute atomic E-state index is 2.39. The van der Waals surface area contributed by atoms with Crippen molar-refractivity contribution in [3.05, 3.63) is 176 Å². The van der Waals surface area contributed by atoms with Crippen molar-refractivity contribution in [2.75, 3.05) is 4.90 Å². The topological polar surface area (TPSA) is 13.1 Å². The lowest BCUT2D eigenvalue weighted by Gasteiger charge is -2.25. The van der Waals surface area contributed by atoms with Crippen LogP contribution in [0.4, 0.5) is 17.1 Å². The summed E-state index contributed by atoms with van der Waals surface area (Å²) in [6.45, 7) is 0. The Morgan fingerprint density at radius 2 is 0.933 bits per heavy atom. The molecule has 0 fully saturated rings. The smallest absolute Gasteiger partial charge is 0.0547 e. The first-order valence-electron chi connectivity index (χ1n) is 15.4. The number of para-hydroxylation sites is 4. The van der Waals surface area contributed by atoms with Gasteiger partial charge in [-0.2, -0.15) is 0 Å². The van der Waals surface area contributed by atoms with Gasteiger partial charge in [-0.05, 0) is 108 Å². The van der Waals surface area contributed by atoms with Crippen molar-refractivity contribution < 1.29 is 0 Å². The van der Waals surface area contributed by atoms with Crippen LogP contribution in [0.2, 0.25) is 0 Å². The predicted molar refractivity (Wildman–Crippen MR) is 190 cm³/mol. The molecule has 0 N–H and O–H groups in total. The van der Waals surface area contributed by atoms with E-state index in [0.29, 0.717) is 0 Å². The first kappa shape index (κ1) is 25.4. The molecule has 0 aliphatic carbocycles. The molecule has 0 atom stereocenters. The van der Waals surface area contributed by atoms with Crippen LogP contribution in [0.3, 0.4) is 0 Å². The van der Waals surface area contributed by atoms with E-state index in [1.807, 2.05) is 0 Å². The molecule has 0 saturated carbocycles. The number of benzene rings is 7. The third-order valence-electron chi connectivity index (χ3n) is 8.87. The lowest BCUT2D eigenvalue weighted by atomic mass is 10.0. The van der Waals surface area contributed by atoms with E-state index in [1.165, 1.54) is 49.2 Å². The lowest BCUT2D eigenvalue weighted by molar-refractivity contribution is 1.13. The molecule has 0 amide bonds. The van der Waals surface area contributed by atoms with Crippen LogP contribution in [0.25, 0.3) is 54.9 Å². The minimum atomic E-state index is 1.12. The van der Waals surface area contributed by atoms with Crippen LogP contribution >= 0.6 is 0 Å². The number of hydrogen-bond donors (Lipinski definition) is 0. The van der Waals surface area contributed by atoms with E-state index in [-0.39, 0.29) is 0 Å². The zero-order valence-corrected chi connectivity index (χ0v) is 24.6. The second kappa shape index (κ2) is 10.3. The third kappa shape index (κ3) is 4.21. The maximum atomic E-state index is 2.39. The number of nitrogens with zero attached hydrogens (tertiary/aromatic N) is 3. The molecule has 0 spiro atoms. The van der Waals surface area contributed by atoms with E-state index in [4.69, 9.17) is 0 Å². The molecule has 9 rings (SSSR count). The number of rotatable bonds is 5. The number of anilines is 3. The monoisotopic (exact) mass is 575 g/mol. The van der Waals surface area contributed by atoms with E-state index < -0.39 is 0 Å². The second-order valence-electron chi connectivity index (χ2n) is 11.5. The van der Waals surface area contributed by atoms with Crippen LogP contribution < -0.4 is 4.90 Å². The molecule has 9 aromatic rings. The fraction of sp³-hybridized carbons (Fsp3) is 0. The Bertz CT molecular complexity index is 2420. The molecule has 7 aromatic carbocycles. The molecule has 3 nitrogen and oxygen atoms in total. The van der Waals surface area contributed by atoms with Crippen molar-refractivity contribution in [2.45, 2.75) is 0 Å². The molecule has 0 bridgehead atoms. The van der Waals surface area contributed by atoms with E-state index in [9.17, 15) is 0 Å². The van der Waals surface area contributed by atoms with Gasteiger partial charge < -0.3 is 14.0 Å². The highest BCUT2D eigenvalue weighted by Gasteiger charge is 2.15. The molecule has 0 aliphatic heterocycles. The molecule has 0 saturated heterocycles. The highest BCUT2D eigenvalue weighted by molar-refractivity contribution is 6.15. The van der Waals surface area contributed by atoms with Crippen molar-refractivity contribution >= 4 is 60.5 Å². The van der Waals surface area contributed by atoms with Crippen molar-refractivity contribution in [1.82, 2.24) is 9.13 Å². The first-order valence-corrected chi connectivity index (χ1v) is 15.4. The average molecular weight is 576 g/mol. The van der Waals surface area contributed by atoms with Gasteiger partial charge in [0.15, 0.2) is 0 Å². The Morgan fingerprint density at radius 3 is 1.64 bits per heavy atom. The van der Waals surface area contributed by atoms with Gasteiger partial charge in [0.2, 0.25) is 0 Å². The van der Waals surface area contributed by atoms with Gasteiger partial charge in [0.25, 0.3) is 0 Å². The molecule has 2 aromatic heterocycles. The second-order valence-corrected chi connectivity index (χ2v) is 11.5. The van der Waals surface area contributed by atoms with E-state index in [1.54, 1.807) is 0 Å². The Kier molecular flexibility index (Phi) is 5.82. The molecule has 0 unspecified atom stereocenters. The summed E-state index contributed by atoms with van der Waals surface area (Å²) in [4.78, 5) is 2.29. The van der Waals surface area contributed by atoms with Crippen molar-refractivity contribution in [3.63, 3.8) is 0 Å². The Hall–Kier alpha value is -6.06. The van der Waals surface area contributed by atoms with Gasteiger partial charge in [0.1, 0.15) is 0 Å². The summed E-state index contributed by atoms with van der Waals surface area (Å²) in [6.07, 6.45) is 2.18. The molecule has 0 radical (unpaired) electrons. The van der Waals surface area contributed by atoms with Crippen molar-refractivity contribution in [3.8, 4) is 11.4 Å². The molecule has 3 heteroatoms. The quantitative estimate of drug-likeness (QED) is 0.199. The normalized spacial score (nSPS) is 11.6. The van der Waals surface area contributed by atoms with Crippen LogP contribution in [-0.2, 0) is 0 Å². The lowest BCUT2D eigenvalue weighted by Crippen LogP contribution is -2.09. The summed E-state index contributed by atoms with van der Waals surface area (Å²) in [7, 11) is 0. The van der Waals surface area contributed by atoms with Gasteiger partial charge >= 0.3 is 0 Å². The zero-order chi connectivity index (χ0) is 29.7. The molecule has 2 heterocycles. The minimum Gasteiger partial charge on any atom is -0.317 e. The first-order chi connectivity index (χ1) is 22.3. The van der Waals surface area contributed by atoms with Gasteiger partial charge in [-0.1, -0.05) is 72.8 Å². The minimum absolute atomic E-state index is 1.12. The van der Waals surface area contributed by atoms with Gasteiger partial charge in [-0.3, -0.25) is 0 Å². The van der Waals surface area contributed by atoms with Gasteiger partial charge in [-0.15, -0.1) is 0 Å². The SMILES string of the molecule is c1ccc(N(c2ccccc2)c2ccc(-n3ccc4cc5cc6c7ccccc7n(-c7ccccc7)c6cc5cc43)cc2)cc1. The third-order valence-corrected chi connectivity index (χ3v) is 8.87. The fourth-order valence-electron chi connectivity index (χ4n) is 6.79. The van der Waals surface area contributed by atoms with E-state index in [2.05, 4.69) is 190 Å². The summed E-state index contributed by atoms with van der Waals surface area (Å²) >= 11 is 0. The molecular weight excluding hydrogens is 546 g/mol. The molecule has 45 heavy (non-hydrogen) atoms. The fourth-order valence-corrected chi connectivity index (χ4v) is 6.79. The number of hydrogen-bond acceptors (Lipinski definition) is 1. The largest absolute Gasteiger partial charge is 0.317 e. The molecule has 0 aliphatic rings. The summed E-state index contributed by atoms with van der Waals surface area (Å²) < 4.78 is 4.68.